The van der Waals surface area contributed by atoms with Crippen molar-refractivity contribution in [2.75, 3.05) is 0 Å². The molecule has 0 aliphatic heterocycles. The molecule has 0 amide bonds. The molecule has 0 bridgehead atoms. The van der Waals surface area contributed by atoms with Crippen molar-refractivity contribution in [3.63, 3.8) is 0 Å². The lowest BCUT2D eigenvalue weighted by Crippen LogP contribution is -2.24. The maximum Gasteiger partial charge on any atom is 0.335 e. The monoisotopic (exact) mass is 270 g/mol. The number of benzene rings is 1. The zero-order valence-electron chi connectivity index (χ0n) is 10.9. The summed E-state index contributed by atoms with van der Waals surface area (Å²) in [5.41, 5.74) is 2.90. The Labute approximate surface area is 115 Å². The van der Waals surface area contributed by atoms with Crippen molar-refractivity contribution >= 4 is 5.97 Å². The summed E-state index contributed by atoms with van der Waals surface area (Å²) in [4.78, 5) is 27.4. The predicted octanol–water partition coefficient (Wildman–Crippen LogP) is 1.48. The van der Waals surface area contributed by atoms with Gasteiger partial charge in [-0.15, -0.1) is 0 Å². The zero-order valence-corrected chi connectivity index (χ0v) is 10.9. The van der Waals surface area contributed by atoms with Crippen LogP contribution < -0.4 is 5.56 Å². The van der Waals surface area contributed by atoms with Crippen LogP contribution in [0, 0.1) is 0 Å². The molecule has 0 fully saturated rings. The minimum absolute atomic E-state index is 0.0230. The van der Waals surface area contributed by atoms with Gasteiger partial charge in [0, 0.05) is 5.56 Å². The van der Waals surface area contributed by atoms with E-state index in [2.05, 4.69) is 4.98 Å². The van der Waals surface area contributed by atoms with Crippen molar-refractivity contribution < 1.29 is 9.90 Å². The van der Waals surface area contributed by atoms with E-state index in [4.69, 9.17) is 5.11 Å². The first-order valence-electron chi connectivity index (χ1n) is 6.54. The lowest BCUT2D eigenvalue weighted by molar-refractivity contribution is 0.0697. The van der Waals surface area contributed by atoms with E-state index in [0.717, 1.165) is 36.1 Å². The number of hydrogen-bond donors (Lipinski definition) is 1. The van der Waals surface area contributed by atoms with E-state index >= 15 is 0 Å². The number of rotatable bonds is 3. The molecule has 102 valence electrons. The minimum atomic E-state index is -0.951. The fraction of sp³-hybridized carbons (Fsp3) is 0.267. The molecule has 1 aromatic heterocycles. The first-order chi connectivity index (χ1) is 9.65. The highest BCUT2D eigenvalue weighted by molar-refractivity contribution is 5.87. The summed E-state index contributed by atoms with van der Waals surface area (Å²) in [6.45, 7) is 0.416. The number of carboxylic acids is 1. The molecule has 1 aliphatic rings. The molecule has 1 N–H and O–H groups in total. The molecule has 1 aliphatic carbocycles. The van der Waals surface area contributed by atoms with E-state index in [1.54, 1.807) is 35.2 Å². The number of hydrogen-bond acceptors (Lipinski definition) is 3. The lowest BCUT2D eigenvalue weighted by Gasteiger charge is -2.07. The quantitative estimate of drug-likeness (QED) is 0.917. The second-order valence-electron chi connectivity index (χ2n) is 4.96. The van der Waals surface area contributed by atoms with Gasteiger partial charge < -0.3 is 5.11 Å². The van der Waals surface area contributed by atoms with Gasteiger partial charge >= 0.3 is 5.97 Å². The van der Waals surface area contributed by atoms with Gasteiger partial charge in [-0.1, -0.05) is 12.1 Å². The van der Waals surface area contributed by atoms with Gasteiger partial charge in [0.1, 0.15) is 0 Å². The van der Waals surface area contributed by atoms with Crippen molar-refractivity contribution in [1.82, 2.24) is 9.55 Å². The third kappa shape index (κ3) is 2.22. The molecule has 5 nitrogen and oxygen atoms in total. The summed E-state index contributed by atoms with van der Waals surface area (Å²) < 4.78 is 1.58. The molecule has 3 rings (SSSR count). The lowest BCUT2D eigenvalue weighted by atomic mass is 10.1. The number of aromatic nitrogens is 2. The number of aryl methyl sites for hydroxylation is 1. The highest BCUT2D eigenvalue weighted by Gasteiger charge is 2.17. The number of fused-ring (bicyclic) bond motifs is 1. The van der Waals surface area contributed by atoms with Gasteiger partial charge in [0.25, 0.3) is 5.56 Å². The summed E-state index contributed by atoms with van der Waals surface area (Å²) in [6, 6.07) is 6.54. The van der Waals surface area contributed by atoms with Gasteiger partial charge in [0.15, 0.2) is 0 Å². The normalized spacial score (nSPS) is 13.2. The van der Waals surface area contributed by atoms with Gasteiger partial charge in [-0.2, -0.15) is 0 Å². The highest BCUT2D eigenvalue weighted by atomic mass is 16.4. The van der Waals surface area contributed by atoms with Gasteiger partial charge in [-0.3, -0.25) is 9.36 Å². The highest BCUT2D eigenvalue weighted by Crippen LogP contribution is 2.15. The maximum atomic E-state index is 12.3. The molecular weight excluding hydrogens is 256 g/mol. The Morgan fingerprint density at radius 1 is 1.25 bits per heavy atom. The summed E-state index contributed by atoms with van der Waals surface area (Å²) in [5.74, 6) is -0.951. The topological polar surface area (TPSA) is 72.2 Å². The van der Waals surface area contributed by atoms with Crippen LogP contribution in [0.2, 0.25) is 0 Å². The molecular formula is C15H14N2O3. The molecule has 2 aromatic rings. The largest absolute Gasteiger partial charge is 0.478 e. The van der Waals surface area contributed by atoms with Crippen molar-refractivity contribution in [3.05, 3.63) is 63.3 Å². The van der Waals surface area contributed by atoms with Gasteiger partial charge in [0.2, 0.25) is 0 Å². The first-order valence-corrected chi connectivity index (χ1v) is 6.54. The van der Waals surface area contributed by atoms with Crippen LogP contribution in [-0.2, 0) is 19.4 Å². The fourth-order valence-corrected chi connectivity index (χ4v) is 2.53. The van der Waals surface area contributed by atoms with E-state index in [9.17, 15) is 9.59 Å². The van der Waals surface area contributed by atoms with Crippen LogP contribution in [0.3, 0.4) is 0 Å². The molecule has 0 unspecified atom stereocenters. The van der Waals surface area contributed by atoms with Crippen molar-refractivity contribution in [2.45, 2.75) is 25.8 Å². The smallest absolute Gasteiger partial charge is 0.335 e. The standard InChI is InChI=1S/C15H14N2O3/c18-14-12-2-1-3-13(12)16-9-17(14)8-10-4-6-11(7-5-10)15(19)20/h4-7,9H,1-3,8H2,(H,19,20). The minimum Gasteiger partial charge on any atom is -0.478 e. The van der Waals surface area contributed by atoms with Gasteiger partial charge in [-0.25, -0.2) is 9.78 Å². The summed E-state index contributed by atoms with van der Waals surface area (Å²) in [5, 5.41) is 8.85. The molecule has 0 saturated carbocycles. The second-order valence-corrected chi connectivity index (χ2v) is 4.96. The number of aromatic carboxylic acids is 1. The van der Waals surface area contributed by atoms with Crippen LogP contribution in [0.25, 0.3) is 0 Å². The van der Waals surface area contributed by atoms with Gasteiger partial charge in [0.05, 0.1) is 24.1 Å². The second kappa shape index (κ2) is 4.92. The van der Waals surface area contributed by atoms with E-state index in [1.807, 2.05) is 0 Å². The Balaban J connectivity index is 1.88. The average Bonchev–Trinajstić information content (AvgIpc) is 2.92. The SMILES string of the molecule is O=C(O)c1ccc(Cn2cnc3c(c2=O)CCC3)cc1. The maximum absolute atomic E-state index is 12.3. The third-order valence-electron chi connectivity index (χ3n) is 3.61. The molecule has 0 spiro atoms. The van der Waals surface area contributed by atoms with Crippen molar-refractivity contribution in [3.8, 4) is 0 Å². The Kier molecular flexibility index (Phi) is 3.10. The van der Waals surface area contributed by atoms with Gasteiger partial charge in [-0.05, 0) is 37.0 Å². The molecule has 1 heterocycles. The molecule has 5 heteroatoms. The first kappa shape index (κ1) is 12.6. The number of nitrogens with zero attached hydrogens (tertiary/aromatic N) is 2. The summed E-state index contributed by atoms with van der Waals surface area (Å²) >= 11 is 0. The van der Waals surface area contributed by atoms with Crippen LogP contribution >= 0.6 is 0 Å². The van der Waals surface area contributed by atoms with Crippen LogP contribution in [0.1, 0.15) is 33.6 Å². The Hall–Kier alpha value is -2.43. The summed E-state index contributed by atoms with van der Waals surface area (Å²) in [7, 11) is 0. The van der Waals surface area contributed by atoms with Crippen LogP contribution in [0.5, 0.6) is 0 Å². The van der Waals surface area contributed by atoms with E-state index < -0.39 is 5.97 Å². The number of carbonyl (C=O) groups is 1. The van der Waals surface area contributed by atoms with E-state index in [0.29, 0.717) is 6.54 Å². The van der Waals surface area contributed by atoms with E-state index in [-0.39, 0.29) is 11.1 Å². The van der Waals surface area contributed by atoms with E-state index in [1.165, 1.54) is 0 Å². The molecule has 0 radical (unpaired) electrons. The Morgan fingerprint density at radius 3 is 2.70 bits per heavy atom. The van der Waals surface area contributed by atoms with Crippen molar-refractivity contribution in [1.29, 1.82) is 0 Å². The predicted molar refractivity (Wildman–Crippen MR) is 73.0 cm³/mol. The fourth-order valence-electron chi connectivity index (χ4n) is 2.53. The van der Waals surface area contributed by atoms with Crippen LogP contribution in [-0.4, -0.2) is 20.6 Å². The Bertz CT molecular complexity index is 717. The molecule has 1 aromatic carbocycles. The average molecular weight is 270 g/mol. The molecule has 0 saturated heterocycles. The third-order valence-corrected chi connectivity index (χ3v) is 3.61. The summed E-state index contributed by atoms with van der Waals surface area (Å²) in [6.07, 6.45) is 4.27. The van der Waals surface area contributed by atoms with Crippen molar-refractivity contribution in [2.24, 2.45) is 0 Å². The molecule has 0 atom stereocenters. The zero-order chi connectivity index (χ0) is 14.1. The number of carboxylic acid groups (broad SMARTS) is 1. The van der Waals surface area contributed by atoms with Crippen LogP contribution in [0.4, 0.5) is 0 Å². The Morgan fingerprint density at radius 2 is 2.00 bits per heavy atom. The molecule has 20 heavy (non-hydrogen) atoms. The van der Waals surface area contributed by atoms with Crippen LogP contribution in [0.15, 0.2) is 35.4 Å².